The summed E-state index contributed by atoms with van der Waals surface area (Å²) in [5.74, 6) is -0.328. The highest BCUT2D eigenvalue weighted by atomic mass is 16.5. The number of amides is 1. The highest BCUT2D eigenvalue weighted by Crippen LogP contribution is 2.16. The zero-order valence-corrected chi connectivity index (χ0v) is 16.5. The third-order valence-electron chi connectivity index (χ3n) is 5.03. The number of carbonyl (C=O) groups is 2. The summed E-state index contributed by atoms with van der Waals surface area (Å²) in [6.45, 7) is 4.42. The Bertz CT molecular complexity index is 784. The Labute approximate surface area is 166 Å². The molecule has 0 N–H and O–H groups in total. The number of carbonyl (C=O) groups excluding carboxylic acids is 2. The Hall–Kier alpha value is -2.70. The van der Waals surface area contributed by atoms with Gasteiger partial charge < -0.3 is 14.5 Å². The molecule has 0 saturated carbocycles. The summed E-state index contributed by atoms with van der Waals surface area (Å²) >= 11 is 0. The minimum Gasteiger partial charge on any atom is -0.457 e. The number of likely N-dealkylation sites (N-methyl/N-ethyl adjacent to an activating group) is 2. The van der Waals surface area contributed by atoms with Crippen LogP contribution in [-0.2, 0) is 16.1 Å². The Morgan fingerprint density at radius 1 is 0.964 bits per heavy atom. The SMILES string of the molecule is CN1CCN(CC(=O)N(C)c2ccc(C(=O)OCc3ccccc3)cc2)CC1. The van der Waals surface area contributed by atoms with E-state index in [2.05, 4.69) is 16.8 Å². The molecule has 0 bridgehead atoms. The van der Waals surface area contributed by atoms with Crippen molar-refractivity contribution >= 4 is 17.6 Å². The summed E-state index contributed by atoms with van der Waals surface area (Å²) in [7, 11) is 3.86. The zero-order valence-electron chi connectivity index (χ0n) is 16.5. The summed E-state index contributed by atoms with van der Waals surface area (Å²) in [4.78, 5) is 30.8. The average molecular weight is 381 g/mol. The molecule has 1 aliphatic rings. The maximum absolute atomic E-state index is 12.6. The maximum Gasteiger partial charge on any atom is 0.338 e. The largest absolute Gasteiger partial charge is 0.457 e. The molecule has 2 aromatic rings. The fraction of sp³-hybridized carbons (Fsp3) is 0.364. The molecule has 0 spiro atoms. The molecule has 0 radical (unpaired) electrons. The fourth-order valence-electron chi connectivity index (χ4n) is 3.07. The number of piperazine rings is 1. The van der Waals surface area contributed by atoms with Crippen LogP contribution in [0.5, 0.6) is 0 Å². The molecule has 148 valence electrons. The summed E-state index contributed by atoms with van der Waals surface area (Å²) < 4.78 is 5.34. The number of nitrogens with zero attached hydrogens (tertiary/aromatic N) is 3. The first kappa shape index (κ1) is 20.0. The number of hydrogen-bond donors (Lipinski definition) is 0. The molecule has 6 nitrogen and oxygen atoms in total. The van der Waals surface area contributed by atoms with Gasteiger partial charge in [0, 0.05) is 38.9 Å². The van der Waals surface area contributed by atoms with Gasteiger partial charge >= 0.3 is 5.97 Å². The number of esters is 1. The lowest BCUT2D eigenvalue weighted by Crippen LogP contribution is -2.48. The number of benzene rings is 2. The van der Waals surface area contributed by atoms with E-state index in [1.54, 1.807) is 36.2 Å². The third-order valence-corrected chi connectivity index (χ3v) is 5.03. The Balaban J connectivity index is 1.52. The van der Waals surface area contributed by atoms with Gasteiger partial charge in [0.15, 0.2) is 0 Å². The highest BCUT2D eigenvalue weighted by Gasteiger charge is 2.19. The van der Waals surface area contributed by atoms with Crippen molar-refractivity contribution in [3.63, 3.8) is 0 Å². The van der Waals surface area contributed by atoms with Crippen LogP contribution in [0.25, 0.3) is 0 Å². The molecule has 0 aromatic heterocycles. The van der Waals surface area contributed by atoms with Crippen molar-refractivity contribution in [2.75, 3.05) is 51.7 Å². The van der Waals surface area contributed by atoms with E-state index in [4.69, 9.17) is 4.74 Å². The van der Waals surface area contributed by atoms with Crippen LogP contribution in [0.1, 0.15) is 15.9 Å². The van der Waals surface area contributed by atoms with E-state index in [9.17, 15) is 9.59 Å². The van der Waals surface area contributed by atoms with E-state index < -0.39 is 0 Å². The van der Waals surface area contributed by atoms with E-state index in [-0.39, 0.29) is 18.5 Å². The predicted molar refractivity (Wildman–Crippen MR) is 109 cm³/mol. The Kier molecular flexibility index (Phi) is 6.79. The average Bonchev–Trinajstić information content (AvgIpc) is 2.74. The van der Waals surface area contributed by atoms with E-state index in [0.29, 0.717) is 12.1 Å². The molecule has 1 amide bonds. The summed E-state index contributed by atoms with van der Waals surface area (Å²) in [6.07, 6.45) is 0. The van der Waals surface area contributed by atoms with Gasteiger partial charge in [0.1, 0.15) is 6.61 Å². The van der Waals surface area contributed by atoms with Gasteiger partial charge in [-0.1, -0.05) is 30.3 Å². The molecule has 0 aliphatic carbocycles. The molecule has 2 aromatic carbocycles. The maximum atomic E-state index is 12.6. The summed E-state index contributed by atoms with van der Waals surface area (Å²) in [5, 5.41) is 0. The second kappa shape index (κ2) is 9.48. The first-order valence-corrected chi connectivity index (χ1v) is 9.51. The lowest BCUT2D eigenvalue weighted by atomic mass is 10.2. The molecule has 1 aliphatic heterocycles. The van der Waals surface area contributed by atoms with E-state index in [1.807, 2.05) is 30.3 Å². The second-order valence-electron chi connectivity index (χ2n) is 7.14. The normalized spacial score (nSPS) is 15.2. The lowest BCUT2D eigenvalue weighted by molar-refractivity contribution is -0.119. The topological polar surface area (TPSA) is 53.1 Å². The van der Waals surface area contributed by atoms with Gasteiger partial charge in [-0.3, -0.25) is 9.69 Å². The van der Waals surface area contributed by atoms with Crippen LogP contribution in [0, 0.1) is 0 Å². The van der Waals surface area contributed by atoms with Crippen LogP contribution in [0.4, 0.5) is 5.69 Å². The molecule has 0 unspecified atom stereocenters. The van der Waals surface area contributed by atoms with Gasteiger partial charge in [-0.2, -0.15) is 0 Å². The van der Waals surface area contributed by atoms with E-state index in [1.165, 1.54) is 0 Å². The smallest absolute Gasteiger partial charge is 0.338 e. The third kappa shape index (κ3) is 5.41. The van der Waals surface area contributed by atoms with E-state index >= 15 is 0 Å². The molecule has 1 fully saturated rings. The Morgan fingerprint density at radius 2 is 1.61 bits per heavy atom. The number of rotatable bonds is 6. The highest BCUT2D eigenvalue weighted by molar-refractivity contribution is 5.95. The van der Waals surface area contributed by atoms with Crippen LogP contribution >= 0.6 is 0 Å². The monoisotopic (exact) mass is 381 g/mol. The molecule has 1 saturated heterocycles. The van der Waals surface area contributed by atoms with Crippen LogP contribution in [0.15, 0.2) is 54.6 Å². The number of ether oxygens (including phenoxy) is 1. The van der Waals surface area contributed by atoms with Crippen LogP contribution < -0.4 is 4.90 Å². The van der Waals surface area contributed by atoms with Crippen LogP contribution in [-0.4, -0.2) is 68.5 Å². The van der Waals surface area contributed by atoms with Crippen LogP contribution in [0.2, 0.25) is 0 Å². The minimum atomic E-state index is -0.373. The van der Waals surface area contributed by atoms with Crippen molar-refractivity contribution in [2.24, 2.45) is 0 Å². The molecular formula is C22H27N3O3. The molecule has 1 heterocycles. The first-order chi connectivity index (χ1) is 13.5. The van der Waals surface area contributed by atoms with Crippen molar-refractivity contribution in [1.82, 2.24) is 9.80 Å². The van der Waals surface area contributed by atoms with Crippen molar-refractivity contribution in [2.45, 2.75) is 6.61 Å². The lowest BCUT2D eigenvalue weighted by Gasteiger charge is -2.32. The quantitative estimate of drug-likeness (QED) is 0.719. The molecule has 28 heavy (non-hydrogen) atoms. The zero-order chi connectivity index (χ0) is 19.9. The second-order valence-corrected chi connectivity index (χ2v) is 7.14. The first-order valence-electron chi connectivity index (χ1n) is 9.51. The van der Waals surface area contributed by atoms with Gasteiger partial charge in [-0.15, -0.1) is 0 Å². The summed E-state index contributed by atoms with van der Waals surface area (Å²) in [6, 6.07) is 16.5. The van der Waals surface area contributed by atoms with Gasteiger partial charge in [-0.25, -0.2) is 4.79 Å². The number of anilines is 1. The molecule has 6 heteroatoms. The van der Waals surface area contributed by atoms with Crippen LogP contribution in [0.3, 0.4) is 0 Å². The predicted octanol–water partition coefficient (Wildman–Crippen LogP) is 2.25. The molecular weight excluding hydrogens is 354 g/mol. The van der Waals surface area contributed by atoms with Gasteiger partial charge in [0.25, 0.3) is 0 Å². The summed E-state index contributed by atoms with van der Waals surface area (Å²) in [5.41, 5.74) is 2.18. The van der Waals surface area contributed by atoms with Crippen molar-refractivity contribution < 1.29 is 14.3 Å². The molecule has 3 rings (SSSR count). The fourth-order valence-corrected chi connectivity index (χ4v) is 3.07. The molecule has 0 atom stereocenters. The standard InChI is InChI=1S/C22H27N3O3/c1-23-12-14-25(15-13-23)16-21(26)24(2)20-10-8-19(9-11-20)22(27)28-17-18-6-4-3-5-7-18/h3-11H,12-17H2,1-2H3. The van der Waals surface area contributed by atoms with Gasteiger partial charge in [0.2, 0.25) is 5.91 Å². The Morgan fingerprint density at radius 3 is 2.25 bits per heavy atom. The van der Waals surface area contributed by atoms with Gasteiger partial charge in [-0.05, 0) is 36.9 Å². The number of hydrogen-bond acceptors (Lipinski definition) is 5. The van der Waals surface area contributed by atoms with Gasteiger partial charge in [0.05, 0.1) is 12.1 Å². The minimum absolute atomic E-state index is 0.0453. The van der Waals surface area contributed by atoms with Crippen molar-refractivity contribution in [3.05, 3.63) is 65.7 Å². The van der Waals surface area contributed by atoms with Crippen molar-refractivity contribution in [3.8, 4) is 0 Å². The van der Waals surface area contributed by atoms with E-state index in [0.717, 1.165) is 37.4 Å². The van der Waals surface area contributed by atoms with Crippen molar-refractivity contribution in [1.29, 1.82) is 0 Å².